The van der Waals surface area contributed by atoms with Crippen molar-refractivity contribution in [2.75, 3.05) is 26.2 Å². The average Bonchev–Trinajstić information content (AvgIpc) is 3.09. The fraction of sp³-hybridized carbons (Fsp3) is 0.526. The molecule has 2 bridgehead atoms. The first-order chi connectivity index (χ1) is 12.5. The second-order valence-electron chi connectivity index (χ2n) is 7.32. The Morgan fingerprint density at radius 2 is 1.96 bits per heavy atom. The highest BCUT2D eigenvalue weighted by Gasteiger charge is 2.40. The lowest BCUT2D eigenvalue weighted by atomic mass is 9.73. The number of nitrogens with one attached hydrogen (secondary N) is 1. The number of carbonyl (C=O) groups is 1. The van der Waals surface area contributed by atoms with Gasteiger partial charge >= 0.3 is 12.6 Å². The molecular weight excluding hydrogens is 342 g/mol. The molecule has 0 amide bonds. The van der Waals surface area contributed by atoms with Gasteiger partial charge in [0.05, 0.1) is 18.8 Å². The molecule has 0 atom stereocenters. The zero-order chi connectivity index (χ0) is 18.1. The third-order valence-electron chi connectivity index (χ3n) is 5.73. The van der Waals surface area contributed by atoms with Crippen LogP contribution >= 0.6 is 0 Å². The van der Waals surface area contributed by atoms with Gasteiger partial charge in [0, 0.05) is 22.5 Å². The fourth-order valence-electron chi connectivity index (χ4n) is 3.99. The molecule has 0 spiro atoms. The van der Waals surface area contributed by atoms with E-state index in [1.54, 1.807) is 24.4 Å². The molecule has 3 fully saturated rings. The number of halogens is 2. The standard InChI is InChI=1S/C19H22F2N2O3/c20-18(21)25-11-13-1-2-16-14(9-13)15(10-22-16)17(24)26-12-19-3-6-23(7-4-19)8-5-19/h1-2,9-10,18,22H,3-8,11-12H2. The number of H-pyrrole nitrogens is 1. The van der Waals surface area contributed by atoms with E-state index in [2.05, 4.69) is 14.6 Å². The molecule has 0 unspecified atom stereocenters. The number of benzene rings is 1. The molecule has 1 aromatic carbocycles. The second-order valence-corrected chi connectivity index (χ2v) is 7.32. The van der Waals surface area contributed by atoms with E-state index >= 15 is 0 Å². The summed E-state index contributed by atoms with van der Waals surface area (Å²) >= 11 is 0. The van der Waals surface area contributed by atoms with Crippen LogP contribution in [0.25, 0.3) is 10.9 Å². The molecule has 2 aromatic rings. The van der Waals surface area contributed by atoms with Gasteiger partial charge in [0.1, 0.15) is 0 Å². The number of ether oxygens (including phenoxy) is 2. The van der Waals surface area contributed by atoms with Gasteiger partial charge in [-0.2, -0.15) is 8.78 Å². The third-order valence-corrected chi connectivity index (χ3v) is 5.73. The van der Waals surface area contributed by atoms with Gasteiger partial charge in [-0.3, -0.25) is 0 Å². The summed E-state index contributed by atoms with van der Waals surface area (Å²) in [6.07, 6.45) is 4.84. The molecule has 5 rings (SSSR count). The Kier molecular flexibility index (Phi) is 4.67. The van der Waals surface area contributed by atoms with Crippen LogP contribution in [-0.4, -0.2) is 48.7 Å². The van der Waals surface area contributed by atoms with Crippen molar-refractivity contribution in [3.8, 4) is 0 Å². The van der Waals surface area contributed by atoms with Crippen LogP contribution in [0.3, 0.4) is 0 Å². The highest BCUT2D eigenvalue weighted by molar-refractivity contribution is 6.04. The van der Waals surface area contributed by atoms with E-state index in [9.17, 15) is 13.6 Å². The molecule has 3 aliphatic rings. The Morgan fingerprint density at radius 1 is 1.23 bits per heavy atom. The van der Waals surface area contributed by atoms with Crippen molar-refractivity contribution in [2.24, 2.45) is 5.41 Å². The maximum absolute atomic E-state index is 12.6. The first-order valence-electron chi connectivity index (χ1n) is 8.94. The maximum Gasteiger partial charge on any atom is 0.345 e. The monoisotopic (exact) mass is 364 g/mol. The molecule has 3 aliphatic heterocycles. The topological polar surface area (TPSA) is 54.6 Å². The van der Waals surface area contributed by atoms with Gasteiger partial charge < -0.3 is 19.4 Å². The van der Waals surface area contributed by atoms with Crippen molar-refractivity contribution < 1.29 is 23.0 Å². The van der Waals surface area contributed by atoms with E-state index in [1.807, 2.05) is 0 Å². The molecule has 7 heteroatoms. The summed E-state index contributed by atoms with van der Waals surface area (Å²) in [5.74, 6) is -0.370. The number of esters is 1. The smallest absolute Gasteiger partial charge is 0.345 e. The van der Waals surface area contributed by atoms with Crippen molar-refractivity contribution in [2.45, 2.75) is 32.5 Å². The summed E-state index contributed by atoms with van der Waals surface area (Å²) in [7, 11) is 0. The summed E-state index contributed by atoms with van der Waals surface area (Å²) in [5, 5.41) is 0.668. The molecule has 26 heavy (non-hydrogen) atoms. The predicted molar refractivity (Wildman–Crippen MR) is 92.1 cm³/mol. The number of carbonyl (C=O) groups excluding carboxylic acids is 1. The van der Waals surface area contributed by atoms with E-state index in [1.165, 1.54) is 0 Å². The highest BCUT2D eigenvalue weighted by atomic mass is 19.3. The largest absolute Gasteiger partial charge is 0.461 e. The zero-order valence-electron chi connectivity index (χ0n) is 14.5. The van der Waals surface area contributed by atoms with E-state index in [0.717, 1.165) is 44.4 Å². The number of piperidine rings is 3. The van der Waals surface area contributed by atoms with E-state index in [4.69, 9.17) is 4.74 Å². The van der Waals surface area contributed by atoms with Gasteiger partial charge in [-0.1, -0.05) is 6.07 Å². The molecule has 0 aliphatic carbocycles. The number of hydrogen-bond acceptors (Lipinski definition) is 4. The van der Waals surface area contributed by atoms with Crippen molar-refractivity contribution in [1.82, 2.24) is 9.88 Å². The molecule has 0 radical (unpaired) electrons. The van der Waals surface area contributed by atoms with Crippen LogP contribution in [0.15, 0.2) is 24.4 Å². The molecule has 0 saturated carbocycles. The lowest BCUT2D eigenvalue weighted by Crippen LogP contribution is -2.50. The third kappa shape index (κ3) is 3.46. The van der Waals surface area contributed by atoms with Crippen molar-refractivity contribution >= 4 is 16.9 Å². The Bertz CT molecular complexity index is 783. The van der Waals surface area contributed by atoms with Crippen LogP contribution in [0.4, 0.5) is 8.78 Å². The number of alkyl halides is 2. The molecule has 1 aromatic heterocycles. The lowest BCUT2D eigenvalue weighted by Gasteiger charge is -2.47. The zero-order valence-corrected chi connectivity index (χ0v) is 14.5. The normalized spacial score (nSPS) is 25.1. The summed E-state index contributed by atoms with van der Waals surface area (Å²) in [4.78, 5) is 18.1. The quantitative estimate of drug-likeness (QED) is 0.797. The van der Waals surface area contributed by atoms with Crippen LogP contribution in [0, 0.1) is 5.41 Å². The van der Waals surface area contributed by atoms with Gasteiger partial charge in [-0.15, -0.1) is 0 Å². The highest BCUT2D eigenvalue weighted by Crippen LogP contribution is 2.40. The van der Waals surface area contributed by atoms with Gasteiger partial charge in [-0.25, -0.2) is 4.79 Å². The Hall–Kier alpha value is -1.99. The van der Waals surface area contributed by atoms with Crippen molar-refractivity contribution in [3.63, 3.8) is 0 Å². The minimum atomic E-state index is -2.82. The Balaban J connectivity index is 1.46. The molecule has 1 N–H and O–H groups in total. The maximum atomic E-state index is 12.6. The minimum absolute atomic E-state index is 0.118. The van der Waals surface area contributed by atoms with Crippen LogP contribution in [0.5, 0.6) is 0 Å². The summed E-state index contributed by atoms with van der Waals surface area (Å²) in [6.45, 7) is 0.671. The molecule has 140 valence electrons. The summed E-state index contributed by atoms with van der Waals surface area (Å²) in [6, 6.07) is 5.15. The van der Waals surface area contributed by atoms with Crippen LogP contribution < -0.4 is 0 Å². The number of fused-ring (bicyclic) bond motifs is 4. The van der Waals surface area contributed by atoms with Crippen LogP contribution in [-0.2, 0) is 16.1 Å². The van der Waals surface area contributed by atoms with Crippen LogP contribution in [0.2, 0.25) is 0 Å². The lowest BCUT2D eigenvalue weighted by molar-refractivity contribution is -0.137. The first-order valence-corrected chi connectivity index (χ1v) is 8.94. The van der Waals surface area contributed by atoms with E-state index < -0.39 is 6.61 Å². The number of rotatable bonds is 6. The van der Waals surface area contributed by atoms with Gasteiger partial charge in [0.25, 0.3) is 0 Å². The predicted octanol–water partition coefficient (Wildman–Crippen LogP) is 3.55. The minimum Gasteiger partial charge on any atom is -0.461 e. The number of aromatic amines is 1. The molecule has 3 saturated heterocycles. The Morgan fingerprint density at radius 3 is 2.65 bits per heavy atom. The average molecular weight is 364 g/mol. The number of hydrogen-bond donors (Lipinski definition) is 1. The van der Waals surface area contributed by atoms with E-state index in [0.29, 0.717) is 23.1 Å². The van der Waals surface area contributed by atoms with Crippen molar-refractivity contribution in [3.05, 3.63) is 35.5 Å². The fourth-order valence-corrected chi connectivity index (χ4v) is 3.99. The molecule has 5 nitrogen and oxygen atoms in total. The van der Waals surface area contributed by atoms with Gasteiger partial charge in [0.2, 0.25) is 0 Å². The number of aromatic nitrogens is 1. The Labute approximate surface area is 150 Å². The second kappa shape index (κ2) is 6.96. The van der Waals surface area contributed by atoms with Crippen LogP contribution in [0.1, 0.15) is 35.2 Å². The van der Waals surface area contributed by atoms with Gasteiger partial charge in [0.15, 0.2) is 0 Å². The van der Waals surface area contributed by atoms with E-state index in [-0.39, 0.29) is 18.0 Å². The van der Waals surface area contributed by atoms with Crippen molar-refractivity contribution in [1.29, 1.82) is 0 Å². The summed E-state index contributed by atoms with van der Waals surface area (Å²) in [5.41, 5.74) is 1.90. The number of nitrogens with zero attached hydrogens (tertiary/aromatic N) is 1. The summed E-state index contributed by atoms with van der Waals surface area (Å²) < 4.78 is 34.5. The molecular formula is C19H22F2N2O3. The molecule has 4 heterocycles. The first kappa shape index (κ1) is 17.4. The van der Waals surface area contributed by atoms with Gasteiger partial charge in [-0.05, 0) is 56.6 Å². The SMILES string of the molecule is O=C(OCC12CCN(CC1)CC2)c1c[nH]c2ccc(COC(F)F)cc12.